The highest BCUT2D eigenvalue weighted by Crippen LogP contribution is 2.23. The van der Waals surface area contributed by atoms with Crippen LogP contribution in [0.2, 0.25) is 0 Å². The van der Waals surface area contributed by atoms with Crippen LogP contribution in [0.1, 0.15) is 20.8 Å². The van der Waals surface area contributed by atoms with Gasteiger partial charge in [-0.1, -0.05) is 13.8 Å². The average Bonchev–Trinajstić information content (AvgIpc) is 2.29. The van der Waals surface area contributed by atoms with Crippen LogP contribution in [-0.2, 0) is 14.2 Å². The maximum Gasteiger partial charge on any atom is 0.117 e. The minimum atomic E-state index is -0.515. The lowest BCUT2D eigenvalue weighted by atomic mass is 9.91. The number of aliphatic hydroxyl groups excluding tert-OH is 2. The standard InChI is InChI=1S/C12H26O5/c1-4-17-12(11(2)3,9-15-7-5-13)10-16-8-6-14/h11,13-14H,4-10H2,1-3H3. The van der Waals surface area contributed by atoms with Gasteiger partial charge in [-0.05, 0) is 12.8 Å². The summed E-state index contributed by atoms with van der Waals surface area (Å²) < 4.78 is 16.5. The maximum absolute atomic E-state index is 8.72. The minimum Gasteiger partial charge on any atom is -0.394 e. The first-order chi connectivity index (χ1) is 8.13. The Morgan fingerprint density at radius 2 is 1.47 bits per heavy atom. The third-order valence-electron chi connectivity index (χ3n) is 2.65. The first-order valence-corrected chi connectivity index (χ1v) is 6.14. The Balaban J connectivity index is 4.37. The molecule has 17 heavy (non-hydrogen) atoms. The summed E-state index contributed by atoms with van der Waals surface area (Å²) in [4.78, 5) is 0. The lowest BCUT2D eigenvalue weighted by Crippen LogP contribution is -2.48. The molecule has 0 aliphatic carbocycles. The monoisotopic (exact) mass is 250 g/mol. The Morgan fingerprint density at radius 3 is 1.76 bits per heavy atom. The molecule has 5 nitrogen and oxygen atoms in total. The van der Waals surface area contributed by atoms with Crippen molar-refractivity contribution < 1.29 is 24.4 Å². The average molecular weight is 250 g/mol. The van der Waals surface area contributed by atoms with E-state index in [0.717, 1.165) is 0 Å². The Kier molecular flexibility index (Phi) is 9.68. The van der Waals surface area contributed by atoms with E-state index in [1.807, 2.05) is 20.8 Å². The molecule has 0 aromatic heterocycles. The van der Waals surface area contributed by atoms with Gasteiger partial charge in [0.25, 0.3) is 0 Å². The second-order valence-corrected chi connectivity index (χ2v) is 4.20. The molecule has 0 saturated heterocycles. The van der Waals surface area contributed by atoms with Crippen molar-refractivity contribution in [3.8, 4) is 0 Å². The van der Waals surface area contributed by atoms with E-state index in [0.29, 0.717) is 33.0 Å². The molecule has 2 N–H and O–H groups in total. The summed E-state index contributed by atoms with van der Waals surface area (Å²) in [5.74, 6) is 0.222. The molecule has 0 fully saturated rings. The van der Waals surface area contributed by atoms with Gasteiger partial charge in [-0.2, -0.15) is 0 Å². The number of rotatable bonds is 11. The van der Waals surface area contributed by atoms with Crippen LogP contribution in [0.3, 0.4) is 0 Å². The SMILES string of the molecule is CCOC(COCCO)(COCCO)C(C)C. The zero-order chi connectivity index (χ0) is 13.1. The van der Waals surface area contributed by atoms with E-state index in [2.05, 4.69) is 0 Å². The van der Waals surface area contributed by atoms with Gasteiger partial charge < -0.3 is 24.4 Å². The summed E-state index contributed by atoms with van der Waals surface area (Å²) in [6.45, 7) is 7.92. The van der Waals surface area contributed by atoms with Gasteiger partial charge in [0.2, 0.25) is 0 Å². The van der Waals surface area contributed by atoms with Crippen molar-refractivity contribution in [2.75, 3.05) is 46.2 Å². The van der Waals surface area contributed by atoms with E-state index in [1.165, 1.54) is 0 Å². The third-order valence-corrected chi connectivity index (χ3v) is 2.65. The Hall–Kier alpha value is -0.200. The molecule has 5 heteroatoms. The zero-order valence-electron chi connectivity index (χ0n) is 11.1. The van der Waals surface area contributed by atoms with Gasteiger partial charge in [-0.3, -0.25) is 0 Å². The van der Waals surface area contributed by atoms with Gasteiger partial charge in [0.05, 0.1) is 39.6 Å². The number of hydrogen-bond donors (Lipinski definition) is 2. The van der Waals surface area contributed by atoms with Crippen LogP contribution in [0.15, 0.2) is 0 Å². The zero-order valence-corrected chi connectivity index (χ0v) is 11.1. The normalized spacial score (nSPS) is 12.4. The summed E-state index contributed by atoms with van der Waals surface area (Å²) in [6, 6.07) is 0. The van der Waals surface area contributed by atoms with E-state index in [9.17, 15) is 0 Å². The molecule has 0 bridgehead atoms. The molecule has 0 unspecified atom stereocenters. The molecule has 0 aromatic rings. The summed E-state index contributed by atoms with van der Waals surface area (Å²) in [6.07, 6.45) is 0. The highest BCUT2D eigenvalue weighted by molar-refractivity contribution is 4.84. The molecule has 0 aliphatic rings. The Bertz CT molecular complexity index is 162. The molecule has 0 amide bonds. The lowest BCUT2D eigenvalue weighted by molar-refractivity contribution is -0.159. The topological polar surface area (TPSA) is 68.2 Å². The minimum absolute atomic E-state index is 0.00219. The van der Waals surface area contributed by atoms with Crippen molar-refractivity contribution in [1.82, 2.24) is 0 Å². The van der Waals surface area contributed by atoms with Crippen molar-refractivity contribution in [2.45, 2.75) is 26.4 Å². The fourth-order valence-electron chi connectivity index (χ4n) is 1.53. The van der Waals surface area contributed by atoms with Gasteiger partial charge in [-0.15, -0.1) is 0 Å². The van der Waals surface area contributed by atoms with Gasteiger partial charge in [0, 0.05) is 6.61 Å². The number of hydrogen-bond acceptors (Lipinski definition) is 5. The molecule has 0 saturated carbocycles. The maximum atomic E-state index is 8.72. The van der Waals surface area contributed by atoms with Gasteiger partial charge in [-0.25, -0.2) is 0 Å². The van der Waals surface area contributed by atoms with Gasteiger partial charge >= 0.3 is 0 Å². The van der Waals surface area contributed by atoms with Crippen molar-refractivity contribution >= 4 is 0 Å². The fraction of sp³-hybridized carbons (Fsp3) is 1.00. The molecule has 0 atom stereocenters. The molecular weight excluding hydrogens is 224 g/mol. The molecule has 0 aliphatic heterocycles. The Morgan fingerprint density at radius 1 is 1.00 bits per heavy atom. The van der Waals surface area contributed by atoms with Crippen LogP contribution in [-0.4, -0.2) is 62.1 Å². The smallest absolute Gasteiger partial charge is 0.117 e. The van der Waals surface area contributed by atoms with Crippen LogP contribution < -0.4 is 0 Å². The number of ether oxygens (including phenoxy) is 3. The largest absolute Gasteiger partial charge is 0.394 e. The lowest BCUT2D eigenvalue weighted by Gasteiger charge is -2.36. The van der Waals surface area contributed by atoms with E-state index >= 15 is 0 Å². The fourth-order valence-corrected chi connectivity index (χ4v) is 1.53. The highest BCUT2D eigenvalue weighted by Gasteiger charge is 2.35. The van der Waals surface area contributed by atoms with E-state index in [1.54, 1.807) is 0 Å². The predicted octanol–water partition coefficient (Wildman–Crippen LogP) is 0.435. The summed E-state index contributed by atoms with van der Waals surface area (Å²) in [5.41, 5.74) is -0.515. The van der Waals surface area contributed by atoms with Crippen molar-refractivity contribution in [3.05, 3.63) is 0 Å². The molecule has 0 spiro atoms. The molecular formula is C12H26O5. The molecule has 0 rings (SSSR count). The predicted molar refractivity (Wildman–Crippen MR) is 65.0 cm³/mol. The van der Waals surface area contributed by atoms with Crippen LogP contribution in [0, 0.1) is 5.92 Å². The quantitative estimate of drug-likeness (QED) is 0.521. The molecule has 0 aromatic carbocycles. The van der Waals surface area contributed by atoms with Crippen molar-refractivity contribution in [2.24, 2.45) is 5.92 Å². The van der Waals surface area contributed by atoms with Gasteiger partial charge in [0.15, 0.2) is 0 Å². The first kappa shape index (κ1) is 16.8. The summed E-state index contributed by atoms with van der Waals surface area (Å²) in [5, 5.41) is 17.4. The number of aliphatic hydroxyl groups is 2. The second kappa shape index (κ2) is 9.79. The summed E-state index contributed by atoms with van der Waals surface area (Å²) >= 11 is 0. The van der Waals surface area contributed by atoms with E-state index in [4.69, 9.17) is 24.4 Å². The summed E-state index contributed by atoms with van der Waals surface area (Å²) in [7, 11) is 0. The van der Waals surface area contributed by atoms with Crippen LogP contribution in [0.25, 0.3) is 0 Å². The molecule has 104 valence electrons. The van der Waals surface area contributed by atoms with Crippen molar-refractivity contribution in [3.63, 3.8) is 0 Å². The van der Waals surface area contributed by atoms with Crippen LogP contribution in [0.5, 0.6) is 0 Å². The van der Waals surface area contributed by atoms with Crippen LogP contribution >= 0.6 is 0 Å². The van der Waals surface area contributed by atoms with Gasteiger partial charge in [0.1, 0.15) is 5.60 Å². The van der Waals surface area contributed by atoms with E-state index < -0.39 is 5.60 Å². The highest BCUT2D eigenvalue weighted by atomic mass is 16.6. The molecule has 0 heterocycles. The van der Waals surface area contributed by atoms with Crippen molar-refractivity contribution in [1.29, 1.82) is 0 Å². The Labute approximate surface area is 104 Å². The second-order valence-electron chi connectivity index (χ2n) is 4.20. The third kappa shape index (κ3) is 6.33. The molecule has 0 radical (unpaired) electrons. The van der Waals surface area contributed by atoms with Crippen LogP contribution in [0.4, 0.5) is 0 Å². The van der Waals surface area contributed by atoms with E-state index in [-0.39, 0.29) is 19.1 Å². The first-order valence-electron chi connectivity index (χ1n) is 6.14.